The number of rotatable bonds is 5. The van der Waals surface area contributed by atoms with Gasteiger partial charge in [-0.05, 0) is 34.5 Å². The van der Waals surface area contributed by atoms with Crippen LogP contribution in [0.15, 0.2) is 60.0 Å². The summed E-state index contributed by atoms with van der Waals surface area (Å²) in [6.07, 6.45) is 1.03. The minimum Gasteiger partial charge on any atom is -0.289 e. The van der Waals surface area contributed by atoms with Crippen LogP contribution in [0.3, 0.4) is 0 Å². The van der Waals surface area contributed by atoms with Gasteiger partial charge >= 0.3 is 0 Å². The molecule has 3 rings (SSSR count). The fraction of sp³-hybridized carbons (Fsp3) is 0.118. The Bertz CT molecular complexity index is 1000. The maximum Gasteiger partial charge on any atom is 0.271 e. The lowest BCUT2D eigenvalue weighted by Crippen LogP contribution is -2.42. The van der Waals surface area contributed by atoms with Crippen LogP contribution in [0.25, 0.3) is 10.1 Å². The van der Waals surface area contributed by atoms with Gasteiger partial charge in [-0.1, -0.05) is 36.4 Å². The third kappa shape index (κ3) is 3.51. The second-order valence-electron chi connectivity index (χ2n) is 5.49. The van der Waals surface area contributed by atoms with Crippen LogP contribution >= 0.6 is 11.3 Å². The first-order valence-corrected chi connectivity index (χ1v) is 10.1. The number of benzene rings is 2. The summed E-state index contributed by atoms with van der Waals surface area (Å²) in [5.41, 5.74) is 2.38. The maximum absolute atomic E-state index is 12.5. The van der Waals surface area contributed by atoms with E-state index in [1.54, 1.807) is 54.0 Å². The number of carbonyl (C=O) groups excluding carboxylic acids is 1. The topological polar surface area (TPSA) is 86.7 Å². The van der Waals surface area contributed by atoms with Crippen molar-refractivity contribution in [2.24, 2.45) is 0 Å². The molecule has 8 heteroatoms. The summed E-state index contributed by atoms with van der Waals surface area (Å²) in [6, 6.07) is 14.3. The van der Waals surface area contributed by atoms with Gasteiger partial charge in [0.25, 0.3) is 5.91 Å². The lowest BCUT2D eigenvalue weighted by Gasteiger charge is -2.30. The first-order valence-electron chi connectivity index (χ1n) is 7.37. The molecule has 6 nitrogen and oxygen atoms in total. The highest BCUT2D eigenvalue weighted by Gasteiger charge is 2.34. The molecular weight excluding hydrogens is 360 g/mol. The van der Waals surface area contributed by atoms with E-state index in [0.717, 1.165) is 20.6 Å². The smallest absolute Gasteiger partial charge is 0.271 e. The quantitative estimate of drug-likeness (QED) is 0.529. The lowest BCUT2D eigenvalue weighted by molar-refractivity contribution is -0.130. The second kappa shape index (κ2) is 6.83. The zero-order valence-electron chi connectivity index (χ0n) is 13.3. The molecule has 1 amide bonds. The van der Waals surface area contributed by atoms with E-state index in [2.05, 4.69) is 0 Å². The molecule has 0 radical (unpaired) electrons. The fourth-order valence-electron chi connectivity index (χ4n) is 2.70. The van der Waals surface area contributed by atoms with E-state index < -0.39 is 22.0 Å². The highest BCUT2D eigenvalue weighted by atomic mass is 32.2. The third-order valence-electron chi connectivity index (χ3n) is 3.76. The van der Waals surface area contributed by atoms with Gasteiger partial charge in [-0.15, -0.1) is 11.3 Å². The van der Waals surface area contributed by atoms with Crippen LogP contribution in [-0.2, 0) is 14.8 Å². The highest BCUT2D eigenvalue weighted by Crippen LogP contribution is 2.33. The summed E-state index contributed by atoms with van der Waals surface area (Å²) in [6.45, 7) is 0. The Morgan fingerprint density at radius 3 is 2.52 bits per heavy atom. The van der Waals surface area contributed by atoms with Gasteiger partial charge in [-0.2, -0.15) is 0 Å². The third-order valence-corrected chi connectivity index (χ3v) is 5.78. The van der Waals surface area contributed by atoms with Crippen molar-refractivity contribution in [1.29, 1.82) is 0 Å². The van der Waals surface area contributed by atoms with Crippen molar-refractivity contribution in [2.45, 2.75) is 6.04 Å². The highest BCUT2D eigenvalue weighted by molar-refractivity contribution is 7.92. The van der Waals surface area contributed by atoms with E-state index >= 15 is 0 Å². The molecule has 3 aromatic rings. The lowest BCUT2D eigenvalue weighted by atomic mass is 10.1. The van der Waals surface area contributed by atoms with Gasteiger partial charge in [0.1, 0.15) is 0 Å². The Labute approximate surface area is 149 Å². The van der Waals surface area contributed by atoms with E-state index in [0.29, 0.717) is 11.3 Å². The SMILES string of the molecule is CS(=O)(=O)N(c1ccc2ccsc2c1)[C@@H](C(=O)NO)c1ccccc1. The van der Waals surface area contributed by atoms with Crippen LogP contribution in [0.5, 0.6) is 0 Å². The van der Waals surface area contributed by atoms with Gasteiger partial charge in [-0.25, -0.2) is 13.9 Å². The molecule has 2 N–H and O–H groups in total. The average Bonchev–Trinajstić information content (AvgIpc) is 3.06. The minimum absolute atomic E-state index is 0.356. The monoisotopic (exact) mass is 376 g/mol. The number of hydrogen-bond donors (Lipinski definition) is 2. The van der Waals surface area contributed by atoms with Crippen molar-refractivity contribution in [1.82, 2.24) is 5.48 Å². The number of hydroxylamine groups is 1. The van der Waals surface area contributed by atoms with E-state index in [4.69, 9.17) is 5.21 Å². The fourth-order valence-corrected chi connectivity index (χ4v) is 4.62. The molecule has 0 fully saturated rings. The molecule has 0 saturated heterocycles. The van der Waals surface area contributed by atoms with Crippen LogP contribution in [0.1, 0.15) is 11.6 Å². The van der Waals surface area contributed by atoms with Crippen molar-refractivity contribution >= 4 is 43.0 Å². The number of nitrogens with zero attached hydrogens (tertiary/aromatic N) is 1. The summed E-state index contributed by atoms with van der Waals surface area (Å²) in [5.74, 6) is -0.831. The van der Waals surface area contributed by atoms with Crippen molar-refractivity contribution in [3.63, 3.8) is 0 Å². The summed E-state index contributed by atoms with van der Waals surface area (Å²) in [4.78, 5) is 12.3. The first-order chi connectivity index (χ1) is 11.9. The predicted molar refractivity (Wildman–Crippen MR) is 98.3 cm³/mol. The molecule has 0 aliphatic carbocycles. The van der Waals surface area contributed by atoms with Gasteiger partial charge in [-0.3, -0.25) is 14.3 Å². The van der Waals surface area contributed by atoms with Crippen molar-refractivity contribution in [2.75, 3.05) is 10.6 Å². The predicted octanol–water partition coefficient (Wildman–Crippen LogP) is 2.91. The normalized spacial score (nSPS) is 12.7. The zero-order chi connectivity index (χ0) is 18.0. The molecule has 1 aromatic heterocycles. The Morgan fingerprint density at radius 1 is 1.16 bits per heavy atom. The molecule has 0 bridgehead atoms. The van der Waals surface area contributed by atoms with Gasteiger partial charge in [0, 0.05) is 4.70 Å². The van der Waals surface area contributed by atoms with E-state index in [9.17, 15) is 13.2 Å². The number of anilines is 1. The molecule has 2 aromatic carbocycles. The number of fused-ring (bicyclic) bond motifs is 1. The van der Waals surface area contributed by atoms with Gasteiger partial charge in [0.2, 0.25) is 10.0 Å². The Morgan fingerprint density at radius 2 is 1.88 bits per heavy atom. The zero-order valence-corrected chi connectivity index (χ0v) is 14.9. The summed E-state index contributed by atoms with van der Waals surface area (Å²) in [7, 11) is -3.81. The molecule has 0 spiro atoms. The van der Waals surface area contributed by atoms with Crippen LogP contribution in [-0.4, -0.2) is 25.8 Å². The van der Waals surface area contributed by atoms with Crippen LogP contribution in [0, 0.1) is 0 Å². The molecule has 1 heterocycles. The Hall–Kier alpha value is -2.42. The Kier molecular flexibility index (Phi) is 4.76. The number of hydrogen-bond acceptors (Lipinski definition) is 5. The number of carbonyl (C=O) groups is 1. The standard InChI is InChI=1S/C17H16N2O4S2/c1-25(22,23)19(14-8-7-12-9-10-24-15(12)11-14)16(17(20)18-21)13-5-3-2-4-6-13/h2-11,16,21H,1H3,(H,18,20)/t16-/m1/s1. The van der Waals surface area contributed by atoms with Crippen molar-refractivity contribution < 1.29 is 18.4 Å². The number of nitrogens with one attached hydrogen (secondary N) is 1. The summed E-state index contributed by atoms with van der Waals surface area (Å²) >= 11 is 1.48. The van der Waals surface area contributed by atoms with E-state index in [1.807, 2.05) is 11.4 Å². The van der Waals surface area contributed by atoms with Gasteiger partial charge < -0.3 is 0 Å². The largest absolute Gasteiger partial charge is 0.289 e. The van der Waals surface area contributed by atoms with E-state index in [1.165, 1.54) is 11.3 Å². The molecule has 1 atom stereocenters. The second-order valence-corrected chi connectivity index (χ2v) is 8.30. The number of sulfonamides is 1. The maximum atomic E-state index is 12.5. The van der Waals surface area contributed by atoms with Gasteiger partial charge in [0.05, 0.1) is 11.9 Å². The van der Waals surface area contributed by atoms with Crippen LogP contribution in [0.2, 0.25) is 0 Å². The summed E-state index contributed by atoms with van der Waals surface area (Å²) < 4.78 is 26.9. The van der Waals surface area contributed by atoms with Crippen molar-refractivity contribution in [3.8, 4) is 0 Å². The first kappa shape index (κ1) is 17.4. The minimum atomic E-state index is -3.81. The summed E-state index contributed by atoms with van der Waals surface area (Å²) in [5, 5.41) is 12.0. The molecule has 25 heavy (non-hydrogen) atoms. The Balaban J connectivity index is 2.20. The molecule has 0 saturated carbocycles. The molecule has 0 aliphatic rings. The van der Waals surface area contributed by atoms with E-state index in [-0.39, 0.29) is 0 Å². The molecule has 0 unspecified atom stereocenters. The molecular formula is C17H16N2O4S2. The average molecular weight is 376 g/mol. The van der Waals surface area contributed by atoms with Gasteiger partial charge in [0.15, 0.2) is 6.04 Å². The van der Waals surface area contributed by atoms with Crippen LogP contribution in [0.4, 0.5) is 5.69 Å². The van der Waals surface area contributed by atoms with Crippen LogP contribution < -0.4 is 9.79 Å². The number of thiophene rings is 1. The molecule has 0 aliphatic heterocycles. The molecule has 130 valence electrons. The van der Waals surface area contributed by atoms with Crippen molar-refractivity contribution in [3.05, 3.63) is 65.5 Å². The number of amides is 1.